The number of nitrogens with zero attached hydrogens (tertiary/aromatic N) is 4. The van der Waals surface area contributed by atoms with E-state index in [-0.39, 0.29) is 30.1 Å². The topological polar surface area (TPSA) is 54.7 Å². The summed E-state index contributed by atoms with van der Waals surface area (Å²) in [4.78, 5) is 7.24. The van der Waals surface area contributed by atoms with E-state index in [1.54, 1.807) is 0 Å². The SMILES string of the molecule is CCNC(=NCC1CCCC1)N1CCOC(c2cnn(C)c2)C1.I. The van der Waals surface area contributed by atoms with Crippen LogP contribution in [-0.4, -0.2) is 53.4 Å². The molecule has 1 unspecified atom stereocenters. The highest BCUT2D eigenvalue weighted by Gasteiger charge is 2.25. The molecule has 0 amide bonds. The van der Waals surface area contributed by atoms with E-state index in [0.717, 1.165) is 50.2 Å². The minimum absolute atomic E-state index is 0. The van der Waals surface area contributed by atoms with Crippen molar-refractivity contribution >= 4 is 29.9 Å². The Hall–Kier alpha value is -0.830. The number of hydrogen-bond acceptors (Lipinski definition) is 3. The van der Waals surface area contributed by atoms with Crippen LogP contribution in [-0.2, 0) is 11.8 Å². The van der Waals surface area contributed by atoms with Crippen LogP contribution < -0.4 is 5.32 Å². The molecule has 1 saturated carbocycles. The summed E-state index contributed by atoms with van der Waals surface area (Å²) < 4.78 is 7.77. The summed E-state index contributed by atoms with van der Waals surface area (Å²) in [5.41, 5.74) is 1.14. The van der Waals surface area contributed by atoms with Gasteiger partial charge in [-0.2, -0.15) is 5.10 Å². The highest BCUT2D eigenvalue weighted by Crippen LogP contribution is 2.25. The molecule has 136 valence electrons. The van der Waals surface area contributed by atoms with Crippen LogP contribution in [0, 0.1) is 5.92 Å². The maximum absolute atomic E-state index is 5.94. The van der Waals surface area contributed by atoms with Gasteiger partial charge in [0.2, 0.25) is 0 Å². The molecule has 2 heterocycles. The maximum Gasteiger partial charge on any atom is 0.194 e. The second-order valence-corrected chi connectivity index (χ2v) is 6.60. The standard InChI is InChI=1S/C17H29N5O.HI/c1-3-18-17(19-10-14-6-4-5-7-14)22-8-9-23-16(13-22)15-11-20-21(2)12-15;/h11-12,14,16H,3-10,13H2,1-2H3,(H,18,19);1H. The molecule has 3 rings (SSSR count). The lowest BCUT2D eigenvalue weighted by atomic mass is 10.1. The molecular weight excluding hydrogens is 417 g/mol. The van der Waals surface area contributed by atoms with E-state index < -0.39 is 0 Å². The third-order valence-electron chi connectivity index (χ3n) is 4.77. The highest BCUT2D eigenvalue weighted by atomic mass is 127. The Morgan fingerprint density at radius 1 is 1.42 bits per heavy atom. The van der Waals surface area contributed by atoms with Crippen LogP contribution >= 0.6 is 24.0 Å². The molecule has 1 aliphatic carbocycles. The van der Waals surface area contributed by atoms with Crippen molar-refractivity contribution in [3.63, 3.8) is 0 Å². The summed E-state index contributed by atoms with van der Waals surface area (Å²) in [6.07, 6.45) is 9.43. The normalized spacial score (nSPS) is 22.5. The summed E-state index contributed by atoms with van der Waals surface area (Å²) in [5, 5.41) is 7.71. The second kappa shape index (κ2) is 9.60. The molecular formula is C17H30IN5O. The van der Waals surface area contributed by atoms with Crippen LogP contribution in [0.3, 0.4) is 0 Å². The average Bonchev–Trinajstić information content (AvgIpc) is 3.23. The number of hydrogen-bond donors (Lipinski definition) is 1. The molecule has 1 N–H and O–H groups in total. The van der Waals surface area contributed by atoms with E-state index in [4.69, 9.17) is 9.73 Å². The smallest absolute Gasteiger partial charge is 0.194 e. The number of ether oxygens (including phenoxy) is 1. The van der Waals surface area contributed by atoms with Gasteiger partial charge in [0.1, 0.15) is 6.10 Å². The Bertz CT molecular complexity index is 527. The van der Waals surface area contributed by atoms with E-state index in [0.29, 0.717) is 0 Å². The van der Waals surface area contributed by atoms with Crippen molar-refractivity contribution in [1.29, 1.82) is 0 Å². The van der Waals surface area contributed by atoms with Crippen LogP contribution in [0.1, 0.15) is 44.3 Å². The molecule has 0 spiro atoms. The lowest BCUT2D eigenvalue weighted by Gasteiger charge is -2.35. The van der Waals surface area contributed by atoms with Gasteiger partial charge in [0.05, 0.1) is 19.3 Å². The van der Waals surface area contributed by atoms with Crippen LogP contribution in [0.5, 0.6) is 0 Å². The Morgan fingerprint density at radius 3 is 2.88 bits per heavy atom. The van der Waals surface area contributed by atoms with Crippen LogP contribution in [0.4, 0.5) is 0 Å². The minimum atomic E-state index is 0. The van der Waals surface area contributed by atoms with E-state index >= 15 is 0 Å². The lowest BCUT2D eigenvalue weighted by molar-refractivity contribution is -0.00806. The first-order valence-corrected chi connectivity index (χ1v) is 8.89. The van der Waals surface area contributed by atoms with Crippen molar-refractivity contribution in [3.8, 4) is 0 Å². The van der Waals surface area contributed by atoms with Gasteiger partial charge in [0.15, 0.2) is 5.96 Å². The highest BCUT2D eigenvalue weighted by molar-refractivity contribution is 14.0. The summed E-state index contributed by atoms with van der Waals surface area (Å²) in [6.45, 7) is 6.45. The molecule has 1 aromatic rings. The van der Waals surface area contributed by atoms with Gasteiger partial charge in [-0.1, -0.05) is 12.8 Å². The van der Waals surface area contributed by atoms with E-state index in [2.05, 4.69) is 22.2 Å². The predicted octanol–water partition coefficient (Wildman–Crippen LogP) is 2.57. The zero-order valence-corrected chi connectivity index (χ0v) is 17.1. The van der Waals surface area contributed by atoms with Gasteiger partial charge in [0.25, 0.3) is 0 Å². The molecule has 1 atom stereocenters. The van der Waals surface area contributed by atoms with Gasteiger partial charge in [-0.3, -0.25) is 9.67 Å². The summed E-state index contributed by atoms with van der Waals surface area (Å²) in [5.74, 6) is 1.82. The monoisotopic (exact) mass is 447 g/mol. The first-order valence-electron chi connectivity index (χ1n) is 8.89. The fourth-order valence-electron chi connectivity index (χ4n) is 3.48. The summed E-state index contributed by atoms with van der Waals surface area (Å²) in [7, 11) is 1.94. The fraction of sp³-hybridized carbons (Fsp3) is 0.765. The molecule has 0 radical (unpaired) electrons. The Morgan fingerprint density at radius 2 is 2.21 bits per heavy atom. The third-order valence-corrected chi connectivity index (χ3v) is 4.77. The van der Waals surface area contributed by atoms with Gasteiger partial charge >= 0.3 is 0 Å². The Balaban J connectivity index is 0.00000208. The number of aromatic nitrogens is 2. The van der Waals surface area contributed by atoms with Crippen LogP contribution in [0.15, 0.2) is 17.4 Å². The number of guanidine groups is 1. The lowest BCUT2D eigenvalue weighted by Crippen LogP contribution is -2.48. The van der Waals surface area contributed by atoms with Crippen molar-refractivity contribution in [1.82, 2.24) is 20.0 Å². The molecule has 0 aromatic carbocycles. The molecule has 2 aliphatic rings. The van der Waals surface area contributed by atoms with Crippen molar-refractivity contribution in [2.45, 2.75) is 38.7 Å². The predicted molar refractivity (Wildman–Crippen MR) is 107 cm³/mol. The second-order valence-electron chi connectivity index (χ2n) is 6.60. The molecule has 7 heteroatoms. The number of halogens is 1. The Labute approximate surface area is 162 Å². The average molecular weight is 447 g/mol. The number of rotatable bonds is 4. The maximum atomic E-state index is 5.94. The zero-order valence-electron chi connectivity index (χ0n) is 14.8. The van der Waals surface area contributed by atoms with Crippen LogP contribution in [0.25, 0.3) is 0 Å². The first-order chi connectivity index (χ1) is 11.3. The molecule has 1 aliphatic heterocycles. The van der Waals surface area contributed by atoms with Gasteiger partial charge in [-0.25, -0.2) is 0 Å². The number of aryl methyl sites for hydroxylation is 1. The number of morpholine rings is 1. The zero-order chi connectivity index (χ0) is 16.1. The van der Waals surface area contributed by atoms with Crippen molar-refractivity contribution < 1.29 is 4.74 Å². The molecule has 24 heavy (non-hydrogen) atoms. The van der Waals surface area contributed by atoms with E-state index in [9.17, 15) is 0 Å². The molecule has 0 bridgehead atoms. The fourth-order valence-corrected chi connectivity index (χ4v) is 3.48. The largest absolute Gasteiger partial charge is 0.370 e. The van der Waals surface area contributed by atoms with Crippen molar-refractivity contribution in [2.24, 2.45) is 18.0 Å². The molecule has 2 fully saturated rings. The van der Waals surface area contributed by atoms with Gasteiger partial charge in [-0.15, -0.1) is 24.0 Å². The molecule has 1 saturated heterocycles. The van der Waals surface area contributed by atoms with Crippen molar-refractivity contribution in [3.05, 3.63) is 18.0 Å². The minimum Gasteiger partial charge on any atom is -0.370 e. The van der Waals surface area contributed by atoms with Crippen LogP contribution in [0.2, 0.25) is 0 Å². The number of nitrogens with one attached hydrogen (secondary N) is 1. The van der Waals surface area contributed by atoms with Gasteiger partial charge < -0.3 is 15.0 Å². The third kappa shape index (κ3) is 5.08. The molecule has 1 aromatic heterocycles. The summed E-state index contributed by atoms with van der Waals surface area (Å²) >= 11 is 0. The van der Waals surface area contributed by atoms with Gasteiger partial charge in [0, 0.05) is 38.4 Å². The van der Waals surface area contributed by atoms with Gasteiger partial charge in [-0.05, 0) is 25.7 Å². The Kier molecular flexibility index (Phi) is 7.80. The van der Waals surface area contributed by atoms with Crippen molar-refractivity contribution in [2.75, 3.05) is 32.8 Å². The quantitative estimate of drug-likeness (QED) is 0.438. The first kappa shape index (κ1) is 19.5. The molecule has 6 nitrogen and oxygen atoms in total. The summed E-state index contributed by atoms with van der Waals surface area (Å²) in [6, 6.07) is 0. The van der Waals surface area contributed by atoms with E-state index in [1.807, 2.05) is 24.1 Å². The van der Waals surface area contributed by atoms with E-state index in [1.165, 1.54) is 25.7 Å². The number of aliphatic imine (C=N–C) groups is 1.